The summed E-state index contributed by atoms with van der Waals surface area (Å²) >= 11 is 0. The average molecular weight is 194 g/mol. The molecular weight excluding hydrogens is 168 g/mol. The first-order valence-electron chi connectivity index (χ1n) is 6.60. The van der Waals surface area contributed by atoms with Gasteiger partial charge in [-0.05, 0) is 42.4 Å². The lowest BCUT2D eigenvalue weighted by Crippen LogP contribution is -2.32. The monoisotopic (exact) mass is 194 g/mol. The number of hydrogen-bond acceptors (Lipinski definition) is 0. The summed E-state index contributed by atoms with van der Waals surface area (Å²) in [5.41, 5.74) is 0.657. The zero-order valence-corrected chi connectivity index (χ0v) is 10.2. The van der Waals surface area contributed by atoms with Crippen LogP contribution in [0.15, 0.2) is 0 Å². The maximum absolute atomic E-state index is 2.54. The smallest absolute Gasteiger partial charge is 0.0300 e. The maximum atomic E-state index is 2.54. The third-order valence-electron chi connectivity index (χ3n) is 5.24. The molecule has 0 heteroatoms. The van der Waals surface area contributed by atoms with Crippen molar-refractivity contribution in [2.24, 2.45) is 23.2 Å². The molecule has 3 aliphatic rings. The van der Waals surface area contributed by atoms with Crippen LogP contribution in [0.2, 0.25) is 0 Å². The predicted molar refractivity (Wildman–Crippen MR) is 62.2 cm³/mol. The molecule has 0 spiro atoms. The highest BCUT2D eigenvalue weighted by Gasteiger charge is 2.36. The van der Waals surface area contributed by atoms with Crippen molar-refractivity contribution in [1.29, 1.82) is 0 Å². The molecule has 1 unspecified atom stereocenters. The highest BCUT2D eigenvalue weighted by atomic mass is 14.4. The van der Waals surface area contributed by atoms with Crippen LogP contribution < -0.4 is 0 Å². The molecule has 0 radical (unpaired) electrons. The van der Waals surface area contributed by atoms with Gasteiger partial charge in [-0.2, -0.15) is 0 Å². The van der Waals surface area contributed by atoms with Crippen molar-refractivity contribution in [2.75, 3.05) is 0 Å². The van der Waals surface area contributed by atoms with Crippen LogP contribution in [0.3, 0.4) is 0 Å². The fourth-order valence-corrected chi connectivity index (χ4v) is 3.54. The fraction of sp³-hybridized carbons (Fsp3) is 1.00. The number of rotatable bonds is 1. The fourth-order valence-electron chi connectivity index (χ4n) is 3.54. The lowest BCUT2D eigenvalue weighted by molar-refractivity contribution is 0.0765. The number of fused-ring (bicyclic) bond motifs is 5. The third kappa shape index (κ3) is 1.99. The Morgan fingerprint density at radius 1 is 0.929 bits per heavy atom. The first-order valence-corrected chi connectivity index (χ1v) is 6.60. The molecule has 0 aromatic heterocycles. The molecule has 82 valence electrons. The Bertz CT molecular complexity index is 186. The summed E-state index contributed by atoms with van der Waals surface area (Å²) in [6, 6.07) is 0. The summed E-state index contributed by atoms with van der Waals surface area (Å²) < 4.78 is 0. The summed E-state index contributed by atoms with van der Waals surface area (Å²) in [7, 11) is 0. The SMILES string of the molecule is CC(C)C1(C)CCC2CCC(CC2)C1. The molecule has 1 atom stereocenters. The average Bonchev–Trinajstić information content (AvgIpc) is 2.12. The highest BCUT2D eigenvalue weighted by molar-refractivity contribution is 4.87. The minimum atomic E-state index is 0.657. The van der Waals surface area contributed by atoms with Gasteiger partial charge in [-0.3, -0.25) is 0 Å². The van der Waals surface area contributed by atoms with Crippen LogP contribution in [0, 0.1) is 23.2 Å². The molecule has 0 aromatic carbocycles. The number of hydrogen-bond donors (Lipinski definition) is 0. The van der Waals surface area contributed by atoms with Gasteiger partial charge in [0.15, 0.2) is 0 Å². The summed E-state index contributed by atoms with van der Waals surface area (Å²) in [4.78, 5) is 0. The third-order valence-corrected chi connectivity index (χ3v) is 5.24. The molecule has 0 saturated heterocycles. The summed E-state index contributed by atoms with van der Waals surface area (Å²) in [5, 5.41) is 0. The molecule has 0 N–H and O–H groups in total. The van der Waals surface area contributed by atoms with Crippen molar-refractivity contribution in [2.45, 2.75) is 65.7 Å². The van der Waals surface area contributed by atoms with E-state index in [0.717, 1.165) is 17.8 Å². The minimum Gasteiger partial charge on any atom is -0.0623 e. The molecule has 0 aromatic rings. The van der Waals surface area contributed by atoms with E-state index in [1.165, 1.54) is 32.1 Å². The van der Waals surface area contributed by atoms with Gasteiger partial charge in [0.05, 0.1) is 0 Å². The molecule has 3 fully saturated rings. The van der Waals surface area contributed by atoms with Gasteiger partial charge in [-0.25, -0.2) is 0 Å². The zero-order chi connectivity index (χ0) is 10.2. The molecule has 0 heterocycles. The Kier molecular flexibility index (Phi) is 2.91. The van der Waals surface area contributed by atoms with E-state index >= 15 is 0 Å². The zero-order valence-electron chi connectivity index (χ0n) is 10.2. The van der Waals surface area contributed by atoms with E-state index < -0.39 is 0 Å². The van der Waals surface area contributed by atoms with Crippen LogP contribution in [-0.2, 0) is 0 Å². The molecule has 3 rings (SSSR count). The Morgan fingerprint density at radius 3 is 2.07 bits per heavy atom. The van der Waals surface area contributed by atoms with Gasteiger partial charge in [-0.15, -0.1) is 0 Å². The largest absolute Gasteiger partial charge is 0.0623 e. The van der Waals surface area contributed by atoms with E-state index in [1.807, 2.05) is 0 Å². The van der Waals surface area contributed by atoms with Crippen molar-refractivity contribution in [3.8, 4) is 0 Å². The van der Waals surface area contributed by atoms with Crippen LogP contribution in [0.1, 0.15) is 65.7 Å². The Labute approximate surface area is 89.5 Å². The summed E-state index contributed by atoms with van der Waals surface area (Å²) in [6.07, 6.45) is 10.7. The van der Waals surface area contributed by atoms with Gasteiger partial charge in [-0.1, -0.05) is 46.5 Å². The second kappa shape index (κ2) is 3.87. The first kappa shape index (κ1) is 10.5. The van der Waals surface area contributed by atoms with Crippen molar-refractivity contribution >= 4 is 0 Å². The van der Waals surface area contributed by atoms with Crippen molar-refractivity contribution in [3.63, 3.8) is 0 Å². The van der Waals surface area contributed by atoms with E-state index in [0.29, 0.717) is 5.41 Å². The maximum Gasteiger partial charge on any atom is -0.0300 e. The molecule has 0 nitrogen and oxygen atoms in total. The normalized spacial score (nSPS) is 43.7. The topological polar surface area (TPSA) is 0 Å². The summed E-state index contributed by atoms with van der Waals surface area (Å²) in [6.45, 7) is 7.39. The standard InChI is InChI=1S/C14H26/c1-11(2)14(3)9-8-12-4-6-13(10-14)7-5-12/h11-13H,4-10H2,1-3H3. The van der Waals surface area contributed by atoms with Gasteiger partial charge in [0.25, 0.3) is 0 Å². The molecular formula is C14H26. The van der Waals surface area contributed by atoms with Crippen molar-refractivity contribution < 1.29 is 0 Å². The quantitative estimate of drug-likeness (QED) is 0.570. The second-order valence-corrected chi connectivity index (χ2v) is 6.44. The van der Waals surface area contributed by atoms with Crippen LogP contribution in [0.5, 0.6) is 0 Å². The lowest BCUT2D eigenvalue weighted by Gasteiger charge is -2.43. The first-order chi connectivity index (χ1) is 6.60. The van der Waals surface area contributed by atoms with Gasteiger partial charge in [0.2, 0.25) is 0 Å². The molecule has 0 amide bonds. The molecule has 0 aliphatic heterocycles. The van der Waals surface area contributed by atoms with E-state index in [1.54, 1.807) is 12.8 Å². The van der Waals surface area contributed by atoms with E-state index in [4.69, 9.17) is 0 Å². The van der Waals surface area contributed by atoms with E-state index in [9.17, 15) is 0 Å². The van der Waals surface area contributed by atoms with Crippen LogP contribution in [0.4, 0.5) is 0 Å². The van der Waals surface area contributed by atoms with Gasteiger partial charge >= 0.3 is 0 Å². The van der Waals surface area contributed by atoms with Crippen molar-refractivity contribution in [1.82, 2.24) is 0 Å². The molecule has 2 bridgehead atoms. The van der Waals surface area contributed by atoms with Crippen LogP contribution in [-0.4, -0.2) is 0 Å². The van der Waals surface area contributed by atoms with Crippen LogP contribution in [0.25, 0.3) is 0 Å². The minimum absolute atomic E-state index is 0.657. The van der Waals surface area contributed by atoms with Gasteiger partial charge in [0, 0.05) is 0 Å². The van der Waals surface area contributed by atoms with E-state index in [2.05, 4.69) is 20.8 Å². The van der Waals surface area contributed by atoms with Gasteiger partial charge < -0.3 is 0 Å². The predicted octanol–water partition coefficient (Wildman–Crippen LogP) is 4.64. The Morgan fingerprint density at radius 2 is 1.50 bits per heavy atom. The van der Waals surface area contributed by atoms with E-state index in [-0.39, 0.29) is 0 Å². The van der Waals surface area contributed by atoms with Crippen LogP contribution >= 0.6 is 0 Å². The lowest BCUT2D eigenvalue weighted by atomic mass is 9.62. The molecule has 14 heavy (non-hydrogen) atoms. The molecule has 3 saturated carbocycles. The second-order valence-electron chi connectivity index (χ2n) is 6.44. The Hall–Kier alpha value is 0. The summed E-state index contributed by atoms with van der Waals surface area (Å²) in [5.74, 6) is 3.03. The Balaban J connectivity index is 2.08. The van der Waals surface area contributed by atoms with Crippen molar-refractivity contribution in [3.05, 3.63) is 0 Å². The highest BCUT2D eigenvalue weighted by Crippen LogP contribution is 2.48. The van der Waals surface area contributed by atoms with Gasteiger partial charge in [0.1, 0.15) is 0 Å². The molecule has 3 aliphatic carbocycles.